The van der Waals surface area contributed by atoms with E-state index in [2.05, 4.69) is 27.7 Å². The summed E-state index contributed by atoms with van der Waals surface area (Å²) < 4.78 is 34.7. The Morgan fingerprint density at radius 1 is 1.06 bits per heavy atom. The number of hydrogen-bond acceptors (Lipinski definition) is 5. The number of benzene rings is 3. The molecule has 0 bridgehead atoms. The minimum Gasteiger partial charge on any atom is -0.485 e. The summed E-state index contributed by atoms with van der Waals surface area (Å²) in [6, 6.07) is 23.4. The van der Waals surface area contributed by atoms with Crippen LogP contribution in [-0.4, -0.2) is 25.1 Å². The monoisotopic (exact) mass is 574 g/mol. The van der Waals surface area contributed by atoms with E-state index < -0.39 is 15.4 Å². The molecule has 0 aromatic heterocycles. The van der Waals surface area contributed by atoms with Gasteiger partial charge in [0.15, 0.2) is 5.84 Å². The van der Waals surface area contributed by atoms with Crippen molar-refractivity contribution in [2.75, 3.05) is 0 Å². The first-order chi connectivity index (χ1) is 15.7. The zero-order valence-electron chi connectivity index (χ0n) is 17.9. The molecule has 0 saturated carbocycles. The molecule has 0 fully saturated rings. The Morgan fingerprint density at radius 2 is 1.70 bits per heavy atom. The Kier molecular flexibility index (Phi) is 6.49. The molecule has 33 heavy (non-hydrogen) atoms. The standard InChI is InChI=1S/C25H23IN2O4S/c1-25(15-17-5-3-2-4-6-17)16-22(33(30,31)21-13-11-20(26)12-14-21)23(32-25)18-7-9-19(10-8-18)24(27)28-29/h2-14,29H,15-16H2,1H3,(H2,27,28). The van der Waals surface area contributed by atoms with Crippen LogP contribution in [0.25, 0.3) is 5.76 Å². The lowest BCUT2D eigenvalue weighted by atomic mass is 9.94. The fourth-order valence-corrected chi connectivity index (χ4v) is 5.97. The molecule has 3 N–H and O–H groups in total. The fraction of sp³-hybridized carbons (Fsp3) is 0.160. The van der Waals surface area contributed by atoms with Crippen molar-refractivity contribution in [3.63, 3.8) is 0 Å². The summed E-state index contributed by atoms with van der Waals surface area (Å²) in [5, 5.41) is 11.9. The smallest absolute Gasteiger partial charge is 0.206 e. The van der Waals surface area contributed by atoms with Gasteiger partial charge in [0, 0.05) is 27.5 Å². The van der Waals surface area contributed by atoms with E-state index in [-0.39, 0.29) is 22.1 Å². The van der Waals surface area contributed by atoms with Gasteiger partial charge < -0.3 is 15.7 Å². The van der Waals surface area contributed by atoms with Gasteiger partial charge in [-0.1, -0.05) is 59.8 Å². The first kappa shape index (κ1) is 23.3. The van der Waals surface area contributed by atoms with E-state index in [1.54, 1.807) is 48.5 Å². The lowest BCUT2D eigenvalue weighted by molar-refractivity contribution is 0.0800. The maximum Gasteiger partial charge on any atom is 0.206 e. The molecule has 0 spiro atoms. The number of amidine groups is 1. The van der Waals surface area contributed by atoms with Crippen molar-refractivity contribution >= 4 is 44.0 Å². The summed E-state index contributed by atoms with van der Waals surface area (Å²) in [7, 11) is -3.78. The maximum atomic E-state index is 13.7. The third-order valence-electron chi connectivity index (χ3n) is 5.56. The van der Waals surface area contributed by atoms with Crippen LogP contribution in [0.4, 0.5) is 0 Å². The molecule has 0 saturated heterocycles. The molecular weight excluding hydrogens is 551 g/mol. The highest BCUT2D eigenvalue weighted by Crippen LogP contribution is 2.45. The maximum absolute atomic E-state index is 13.7. The van der Waals surface area contributed by atoms with Crippen LogP contribution in [0.2, 0.25) is 0 Å². The second-order valence-corrected chi connectivity index (χ2v) is 11.4. The topological polar surface area (TPSA) is 102 Å². The number of halogens is 1. The van der Waals surface area contributed by atoms with E-state index in [4.69, 9.17) is 15.7 Å². The molecule has 0 aliphatic carbocycles. The number of rotatable bonds is 6. The number of hydrogen-bond donors (Lipinski definition) is 2. The van der Waals surface area contributed by atoms with Gasteiger partial charge in [-0.2, -0.15) is 0 Å². The highest BCUT2D eigenvalue weighted by molar-refractivity contribution is 14.1. The summed E-state index contributed by atoms with van der Waals surface area (Å²) in [6.45, 7) is 1.93. The Labute approximate surface area is 206 Å². The van der Waals surface area contributed by atoms with Crippen molar-refractivity contribution < 1.29 is 18.4 Å². The quantitative estimate of drug-likeness (QED) is 0.143. The molecule has 0 radical (unpaired) electrons. The van der Waals surface area contributed by atoms with Gasteiger partial charge >= 0.3 is 0 Å². The molecule has 170 valence electrons. The van der Waals surface area contributed by atoms with Gasteiger partial charge in [0.2, 0.25) is 9.84 Å². The predicted octanol–water partition coefficient (Wildman–Crippen LogP) is 4.95. The largest absolute Gasteiger partial charge is 0.485 e. The van der Waals surface area contributed by atoms with Crippen LogP contribution >= 0.6 is 22.6 Å². The van der Waals surface area contributed by atoms with Gasteiger partial charge in [-0.05, 0) is 59.3 Å². The lowest BCUT2D eigenvalue weighted by Gasteiger charge is -2.25. The van der Waals surface area contributed by atoms with Crippen molar-refractivity contribution in [2.24, 2.45) is 10.9 Å². The highest BCUT2D eigenvalue weighted by Gasteiger charge is 2.43. The van der Waals surface area contributed by atoms with Crippen molar-refractivity contribution in [2.45, 2.75) is 30.3 Å². The zero-order valence-corrected chi connectivity index (χ0v) is 20.9. The number of nitrogens with zero attached hydrogens (tertiary/aromatic N) is 1. The van der Waals surface area contributed by atoms with E-state index in [0.717, 1.165) is 9.13 Å². The normalized spacial score (nSPS) is 18.9. The van der Waals surface area contributed by atoms with E-state index in [0.29, 0.717) is 23.3 Å². The second kappa shape index (κ2) is 9.18. The van der Waals surface area contributed by atoms with Gasteiger partial charge in [-0.3, -0.25) is 0 Å². The van der Waals surface area contributed by atoms with Crippen LogP contribution in [0.3, 0.4) is 0 Å². The first-order valence-electron chi connectivity index (χ1n) is 10.3. The average molecular weight is 574 g/mol. The average Bonchev–Trinajstić information content (AvgIpc) is 3.17. The minimum absolute atomic E-state index is 0.0245. The number of ether oxygens (including phenoxy) is 1. The summed E-state index contributed by atoms with van der Waals surface area (Å²) in [5.74, 6) is 0.307. The molecule has 3 aromatic carbocycles. The Balaban J connectivity index is 1.78. The Hall–Kier alpha value is -2.85. The van der Waals surface area contributed by atoms with Crippen molar-refractivity contribution in [1.82, 2.24) is 0 Å². The third kappa shape index (κ3) is 4.91. The van der Waals surface area contributed by atoms with Gasteiger partial charge in [0.05, 0.1) is 9.80 Å². The van der Waals surface area contributed by atoms with Gasteiger partial charge in [-0.25, -0.2) is 8.42 Å². The molecular formula is C25H23IN2O4S. The molecule has 1 unspecified atom stereocenters. The molecule has 6 nitrogen and oxygen atoms in total. The van der Waals surface area contributed by atoms with Gasteiger partial charge in [-0.15, -0.1) is 0 Å². The Bertz CT molecular complexity index is 1320. The molecule has 4 rings (SSSR count). The number of nitrogens with two attached hydrogens (primary N) is 1. The summed E-state index contributed by atoms with van der Waals surface area (Å²) in [5.41, 5.74) is 7.14. The van der Waals surface area contributed by atoms with Gasteiger partial charge in [0.25, 0.3) is 0 Å². The molecule has 1 aliphatic heterocycles. The van der Waals surface area contributed by atoms with Crippen LogP contribution in [0, 0.1) is 3.57 Å². The van der Waals surface area contributed by atoms with E-state index in [1.807, 2.05) is 37.3 Å². The minimum atomic E-state index is -3.78. The van der Waals surface area contributed by atoms with Crippen LogP contribution in [0.15, 0.2) is 93.8 Å². The number of oxime groups is 1. The summed E-state index contributed by atoms with van der Waals surface area (Å²) in [6.07, 6.45) is 0.804. The summed E-state index contributed by atoms with van der Waals surface area (Å²) >= 11 is 2.15. The molecule has 1 heterocycles. The molecule has 1 atom stereocenters. The molecule has 0 amide bonds. The highest BCUT2D eigenvalue weighted by atomic mass is 127. The zero-order chi connectivity index (χ0) is 23.6. The van der Waals surface area contributed by atoms with Crippen LogP contribution in [-0.2, 0) is 21.0 Å². The van der Waals surface area contributed by atoms with Crippen LogP contribution in [0.5, 0.6) is 0 Å². The molecule has 8 heteroatoms. The van der Waals surface area contributed by atoms with E-state index in [9.17, 15) is 8.42 Å². The molecule has 3 aromatic rings. The SMILES string of the molecule is CC1(Cc2ccccc2)CC(S(=O)(=O)c2ccc(I)cc2)=C(c2ccc(/C(N)=N/O)cc2)O1. The fourth-order valence-electron chi connectivity index (χ4n) is 3.93. The van der Waals surface area contributed by atoms with Crippen molar-refractivity contribution in [1.29, 1.82) is 0 Å². The predicted molar refractivity (Wildman–Crippen MR) is 136 cm³/mol. The first-order valence-corrected chi connectivity index (χ1v) is 12.8. The summed E-state index contributed by atoms with van der Waals surface area (Å²) in [4.78, 5) is 0.481. The molecule has 1 aliphatic rings. The lowest BCUT2D eigenvalue weighted by Crippen LogP contribution is -2.27. The number of sulfone groups is 1. The van der Waals surface area contributed by atoms with E-state index >= 15 is 0 Å². The van der Waals surface area contributed by atoms with Crippen LogP contribution < -0.4 is 5.73 Å². The van der Waals surface area contributed by atoms with Crippen molar-refractivity contribution in [3.8, 4) is 0 Å². The van der Waals surface area contributed by atoms with Crippen molar-refractivity contribution in [3.05, 3.63) is 104 Å². The third-order valence-corrected chi connectivity index (χ3v) is 8.15. The van der Waals surface area contributed by atoms with Gasteiger partial charge in [0.1, 0.15) is 11.4 Å². The van der Waals surface area contributed by atoms with Crippen LogP contribution in [0.1, 0.15) is 30.0 Å². The Morgan fingerprint density at radius 3 is 2.30 bits per heavy atom. The second-order valence-electron chi connectivity index (χ2n) is 8.16. The van der Waals surface area contributed by atoms with E-state index in [1.165, 1.54) is 0 Å².